The fraction of sp³-hybridized carbons (Fsp3) is 0.731. The maximum absolute atomic E-state index is 5.20. The maximum Gasteiger partial charge on any atom is 0.191 e. The summed E-state index contributed by atoms with van der Waals surface area (Å²) in [6.07, 6.45) is 8.87. The molecule has 0 bridgehead atoms. The van der Waals surface area contributed by atoms with Crippen LogP contribution in [0.5, 0.6) is 0 Å². The first-order chi connectivity index (χ1) is 15.7. The Hall–Kier alpha value is -1.79. The highest BCUT2D eigenvalue weighted by molar-refractivity contribution is 5.80. The number of para-hydroxylation sites is 1. The average molecular weight is 441 g/mol. The molecule has 1 aromatic rings. The molecule has 3 aliphatic rings. The van der Waals surface area contributed by atoms with Crippen molar-refractivity contribution in [1.82, 2.24) is 20.4 Å². The lowest BCUT2D eigenvalue weighted by Gasteiger charge is -2.49. The van der Waals surface area contributed by atoms with Crippen LogP contribution < -0.4 is 15.5 Å². The molecule has 3 saturated heterocycles. The van der Waals surface area contributed by atoms with Gasteiger partial charge in [-0.25, -0.2) is 0 Å². The van der Waals surface area contributed by atoms with Gasteiger partial charge in [0.15, 0.2) is 5.96 Å². The topological polar surface area (TPSA) is 46.1 Å². The molecular weight excluding hydrogens is 396 g/mol. The Morgan fingerprint density at radius 3 is 2.31 bits per heavy atom. The molecule has 0 atom stereocenters. The minimum atomic E-state index is 0.242. The molecule has 2 N–H and O–H groups in total. The Morgan fingerprint density at radius 2 is 1.66 bits per heavy atom. The van der Waals surface area contributed by atoms with Gasteiger partial charge in [0.05, 0.1) is 6.54 Å². The highest BCUT2D eigenvalue weighted by atomic mass is 15.3. The summed E-state index contributed by atoms with van der Waals surface area (Å²) in [7, 11) is 2.26. The summed E-state index contributed by atoms with van der Waals surface area (Å²) in [5.41, 5.74) is 1.59. The van der Waals surface area contributed by atoms with Crippen molar-refractivity contribution in [2.24, 2.45) is 4.99 Å². The van der Waals surface area contributed by atoms with Crippen molar-refractivity contribution in [2.75, 3.05) is 64.3 Å². The minimum absolute atomic E-state index is 0.242. The zero-order valence-corrected chi connectivity index (χ0v) is 20.4. The number of hydrogen-bond donors (Lipinski definition) is 2. The Kier molecular flexibility index (Phi) is 8.31. The molecule has 0 saturated carbocycles. The van der Waals surface area contributed by atoms with Gasteiger partial charge in [-0.3, -0.25) is 9.89 Å². The molecule has 0 spiro atoms. The van der Waals surface area contributed by atoms with Gasteiger partial charge in [0, 0.05) is 36.9 Å². The van der Waals surface area contributed by atoms with Crippen LogP contribution in [0, 0.1) is 0 Å². The molecule has 0 radical (unpaired) electrons. The normalized spacial score (nSPS) is 23.8. The molecule has 3 heterocycles. The van der Waals surface area contributed by atoms with Crippen molar-refractivity contribution < 1.29 is 0 Å². The molecule has 0 unspecified atom stereocenters. The zero-order valence-electron chi connectivity index (χ0n) is 20.4. The monoisotopic (exact) mass is 440 g/mol. The van der Waals surface area contributed by atoms with Crippen LogP contribution in [0.25, 0.3) is 0 Å². The lowest BCUT2D eigenvalue weighted by molar-refractivity contribution is 0.0208. The van der Waals surface area contributed by atoms with Crippen molar-refractivity contribution in [1.29, 1.82) is 0 Å². The van der Waals surface area contributed by atoms with Crippen LogP contribution in [-0.4, -0.2) is 86.7 Å². The second-order valence-electron chi connectivity index (χ2n) is 10.0. The van der Waals surface area contributed by atoms with E-state index < -0.39 is 0 Å². The molecule has 0 aliphatic carbocycles. The van der Waals surface area contributed by atoms with Crippen LogP contribution in [0.2, 0.25) is 0 Å². The molecule has 32 heavy (non-hydrogen) atoms. The molecule has 6 heteroatoms. The Morgan fingerprint density at radius 1 is 0.969 bits per heavy atom. The lowest BCUT2D eigenvalue weighted by Crippen LogP contribution is -2.58. The van der Waals surface area contributed by atoms with E-state index in [9.17, 15) is 0 Å². The SMILES string of the molecule is CCNC(=NCC1(N2CCCCC2)CCN(C)CC1)NC1CCN(c2ccccc2)CC1. The summed E-state index contributed by atoms with van der Waals surface area (Å²) in [5, 5.41) is 7.32. The van der Waals surface area contributed by atoms with E-state index in [4.69, 9.17) is 4.99 Å². The molecule has 0 amide bonds. The number of hydrogen-bond acceptors (Lipinski definition) is 4. The smallest absolute Gasteiger partial charge is 0.191 e. The number of nitrogens with one attached hydrogen (secondary N) is 2. The third kappa shape index (κ3) is 5.96. The number of likely N-dealkylation sites (tertiary alicyclic amines) is 2. The van der Waals surface area contributed by atoms with Gasteiger partial charge in [-0.15, -0.1) is 0 Å². The molecular formula is C26H44N6. The van der Waals surface area contributed by atoms with Gasteiger partial charge < -0.3 is 20.4 Å². The quantitative estimate of drug-likeness (QED) is 0.526. The number of piperidine rings is 3. The highest BCUT2D eigenvalue weighted by Gasteiger charge is 2.39. The molecule has 0 aromatic heterocycles. The van der Waals surface area contributed by atoms with Gasteiger partial charge in [0.1, 0.15) is 0 Å². The average Bonchev–Trinajstić information content (AvgIpc) is 2.85. The third-order valence-corrected chi connectivity index (χ3v) is 7.78. The van der Waals surface area contributed by atoms with Gasteiger partial charge in [0.25, 0.3) is 0 Å². The van der Waals surface area contributed by atoms with Gasteiger partial charge in [-0.05, 0) is 90.8 Å². The number of anilines is 1. The van der Waals surface area contributed by atoms with Crippen molar-refractivity contribution in [2.45, 2.75) is 63.5 Å². The highest BCUT2D eigenvalue weighted by Crippen LogP contribution is 2.31. The Balaban J connectivity index is 1.37. The van der Waals surface area contributed by atoms with E-state index in [0.717, 1.165) is 45.0 Å². The molecule has 4 rings (SSSR count). The summed E-state index contributed by atoms with van der Waals surface area (Å²) < 4.78 is 0. The van der Waals surface area contributed by atoms with E-state index in [-0.39, 0.29) is 5.54 Å². The summed E-state index contributed by atoms with van der Waals surface area (Å²) in [6.45, 7) is 11.1. The summed E-state index contributed by atoms with van der Waals surface area (Å²) in [5.74, 6) is 1.01. The largest absolute Gasteiger partial charge is 0.371 e. The summed E-state index contributed by atoms with van der Waals surface area (Å²) >= 11 is 0. The van der Waals surface area contributed by atoms with Crippen LogP contribution >= 0.6 is 0 Å². The summed E-state index contributed by atoms with van der Waals surface area (Å²) in [4.78, 5) is 13.0. The molecule has 6 nitrogen and oxygen atoms in total. The fourth-order valence-electron chi connectivity index (χ4n) is 5.64. The van der Waals surface area contributed by atoms with Gasteiger partial charge >= 0.3 is 0 Å². The van der Waals surface area contributed by atoms with Crippen LogP contribution in [0.4, 0.5) is 5.69 Å². The first-order valence-electron chi connectivity index (χ1n) is 13.0. The van der Waals surface area contributed by atoms with Crippen molar-refractivity contribution in [3.8, 4) is 0 Å². The predicted octanol–water partition coefficient (Wildman–Crippen LogP) is 3.16. The number of aliphatic imine (C=N–C) groups is 1. The minimum Gasteiger partial charge on any atom is -0.371 e. The van der Waals surface area contributed by atoms with Crippen molar-refractivity contribution in [3.05, 3.63) is 30.3 Å². The second-order valence-corrected chi connectivity index (χ2v) is 10.0. The van der Waals surface area contributed by atoms with Crippen molar-refractivity contribution >= 4 is 11.6 Å². The number of nitrogens with zero attached hydrogens (tertiary/aromatic N) is 4. The fourth-order valence-corrected chi connectivity index (χ4v) is 5.64. The first kappa shape index (κ1) is 23.4. The van der Waals surface area contributed by atoms with Gasteiger partial charge in [-0.1, -0.05) is 24.6 Å². The molecule has 3 fully saturated rings. The van der Waals surface area contributed by atoms with Crippen LogP contribution in [-0.2, 0) is 0 Å². The van der Waals surface area contributed by atoms with E-state index in [0.29, 0.717) is 6.04 Å². The second kappa shape index (κ2) is 11.4. The Labute approximate surface area is 195 Å². The van der Waals surface area contributed by atoms with E-state index in [2.05, 4.69) is 69.6 Å². The third-order valence-electron chi connectivity index (χ3n) is 7.78. The zero-order chi connectivity index (χ0) is 22.2. The van der Waals surface area contributed by atoms with Gasteiger partial charge in [0.2, 0.25) is 0 Å². The van der Waals surface area contributed by atoms with Crippen LogP contribution in [0.3, 0.4) is 0 Å². The van der Waals surface area contributed by atoms with E-state index >= 15 is 0 Å². The van der Waals surface area contributed by atoms with Crippen LogP contribution in [0.1, 0.15) is 51.9 Å². The standard InChI is InChI=1S/C26H44N6/c1-3-27-25(29-23-12-18-31(19-13-23)24-10-6-4-7-11-24)28-22-26(14-20-30(2)21-15-26)32-16-8-5-9-17-32/h4,6-7,10-11,23H,3,5,8-9,12-22H2,1-2H3,(H2,27,28,29). The first-order valence-corrected chi connectivity index (χ1v) is 13.0. The molecule has 1 aromatic carbocycles. The van der Waals surface area contributed by atoms with Crippen LogP contribution in [0.15, 0.2) is 35.3 Å². The summed E-state index contributed by atoms with van der Waals surface area (Å²) in [6, 6.07) is 11.3. The van der Waals surface area contributed by atoms with E-state index in [1.54, 1.807) is 0 Å². The van der Waals surface area contributed by atoms with E-state index in [1.807, 2.05) is 0 Å². The van der Waals surface area contributed by atoms with Crippen molar-refractivity contribution in [3.63, 3.8) is 0 Å². The maximum atomic E-state index is 5.20. The van der Waals surface area contributed by atoms with Gasteiger partial charge in [-0.2, -0.15) is 0 Å². The predicted molar refractivity (Wildman–Crippen MR) is 136 cm³/mol. The number of benzene rings is 1. The Bertz CT molecular complexity index is 698. The number of guanidine groups is 1. The lowest BCUT2D eigenvalue weighted by atomic mass is 9.84. The number of rotatable bonds is 6. The molecule has 3 aliphatic heterocycles. The molecule has 178 valence electrons. The van der Waals surface area contributed by atoms with E-state index in [1.165, 1.54) is 64.0 Å².